The lowest BCUT2D eigenvalue weighted by atomic mass is 9.91. The number of rotatable bonds is 5. The second-order valence-corrected chi connectivity index (χ2v) is 8.17. The first-order valence-corrected chi connectivity index (χ1v) is 8.37. The van der Waals surface area contributed by atoms with E-state index in [-0.39, 0.29) is 5.54 Å². The minimum absolute atomic E-state index is 0.0796. The summed E-state index contributed by atoms with van der Waals surface area (Å²) in [5, 5.41) is 14.1. The van der Waals surface area contributed by atoms with Crippen molar-refractivity contribution >= 4 is 15.9 Å². The van der Waals surface area contributed by atoms with E-state index < -0.39 is 5.60 Å². The van der Waals surface area contributed by atoms with Crippen molar-refractivity contribution in [3.8, 4) is 5.75 Å². The fourth-order valence-corrected chi connectivity index (χ4v) is 3.24. The molecule has 2 rings (SSSR count). The predicted octanol–water partition coefficient (Wildman–Crippen LogP) is 3.46. The van der Waals surface area contributed by atoms with Gasteiger partial charge in [-0.15, -0.1) is 0 Å². The molecule has 1 atom stereocenters. The first-order chi connectivity index (χ1) is 9.66. The van der Waals surface area contributed by atoms with E-state index in [9.17, 15) is 5.11 Å². The maximum Gasteiger partial charge on any atom is 0.125 e. The van der Waals surface area contributed by atoms with Crippen LogP contribution in [0.5, 0.6) is 5.75 Å². The van der Waals surface area contributed by atoms with E-state index in [1.54, 1.807) is 0 Å². The molecule has 3 nitrogen and oxygen atoms in total. The van der Waals surface area contributed by atoms with Gasteiger partial charge in [0, 0.05) is 22.9 Å². The number of aliphatic hydroxyl groups is 1. The molecule has 21 heavy (non-hydrogen) atoms. The molecule has 1 aliphatic heterocycles. The molecule has 0 saturated heterocycles. The van der Waals surface area contributed by atoms with Crippen molar-refractivity contribution in [2.75, 3.05) is 13.2 Å². The molecule has 0 aliphatic carbocycles. The molecule has 0 spiro atoms. The number of halogens is 1. The molecule has 118 valence electrons. The van der Waals surface area contributed by atoms with Gasteiger partial charge in [0.15, 0.2) is 0 Å². The van der Waals surface area contributed by atoms with Gasteiger partial charge in [-0.3, -0.25) is 0 Å². The summed E-state index contributed by atoms with van der Waals surface area (Å²) in [6.45, 7) is 9.85. The summed E-state index contributed by atoms with van der Waals surface area (Å²) in [5.74, 6) is 0.974. The Hall–Kier alpha value is -0.580. The summed E-state index contributed by atoms with van der Waals surface area (Å²) in [6.07, 6.45) is 2.28. The molecule has 1 aromatic carbocycles. The lowest BCUT2D eigenvalue weighted by molar-refractivity contribution is 0.0493. The largest absolute Gasteiger partial charge is 0.493 e. The van der Waals surface area contributed by atoms with Crippen molar-refractivity contribution in [1.29, 1.82) is 0 Å². The third-order valence-electron chi connectivity index (χ3n) is 3.72. The van der Waals surface area contributed by atoms with Crippen LogP contribution in [0.1, 0.15) is 45.2 Å². The topological polar surface area (TPSA) is 41.5 Å². The van der Waals surface area contributed by atoms with Crippen molar-refractivity contribution in [2.24, 2.45) is 0 Å². The van der Waals surface area contributed by atoms with Crippen LogP contribution in [-0.2, 0) is 12.8 Å². The minimum atomic E-state index is -0.737. The van der Waals surface area contributed by atoms with Gasteiger partial charge < -0.3 is 15.2 Å². The fourth-order valence-electron chi connectivity index (χ4n) is 2.68. The summed E-state index contributed by atoms with van der Waals surface area (Å²) < 4.78 is 6.80. The zero-order valence-corrected chi connectivity index (χ0v) is 15.0. The van der Waals surface area contributed by atoms with E-state index in [0.29, 0.717) is 12.8 Å². The Kier molecular flexibility index (Phi) is 5.01. The zero-order chi connectivity index (χ0) is 15.7. The number of ether oxygens (including phenoxy) is 1. The molecule has 0 fully saturated rings. The Bertz CT molecular complexity index is 506. The van der Waals surface area contributed by atoms with Crippen LogP contribution in [0.2, 0.25) is 0 Å². The highest BCUT2D eigenvalue weighted by molar-refractivity contribution is 9.10. The third kappa shape index (κ3) is 4.97. The number of hydrogen-bond acceptors (Lipinski definition) is 3. The first kappa shape index (κ1) is 16.8. The van der Waals surface area contributed by atoms with Gasteiger partial charge in [0.05, 0.1) is 12.2 Å². The molecule has 0 amide bonds. The molecule has 1 heterocycles. The van der Waals surface area contributed by atoms with E-state index >= 15 is 0 Å². The average Bonchev–Trinajstić information content (AvgIpc) is 2.73. The number of benzene rings is 1. The van der Waals surface area contributed by atoms with Crippen LogP contribution < -0.4 is 10.1 Å². The van der Waals surface area contributed by atoms with Crippen molar-refractivity contribution in [3.05, 3.63) is 27.7 Å². The van der Waals surface area contributed by atoms with Crippen LogP contribution in [0.4, 0.5) is 0 Å². The van der Waals surface area contributed by atoms with Crippen LogP contribution in [-0.4, -0.2) is 29.4 Å². The van der Waals surface area contributed by atoms with Gasteiger partial charge in [0.25, 0.3) is 0 Å². The van der Waals surface area contributed by atoms with E-state index in [2.05, 4.69) is 54.2 Å². The van der Waals surface area contributed by atoms with Crippen LogP contribution in [0.15, 0.2) is 16.6 Å². The summed E-state index contributed by atoms with van der Waals surface area (Å²) in [5.41, 5.74) is 1.68. The molecule has 4 heteroatoms. The minimum Gasteiger partial charge on any atom is -0.493 e. The second kappa shape index (κ2) is 6.27. The normalized spacial score (nSPS) is 17.2. The van der Waals surface area contributed by atoms with Crippen molar-refractivity contribution < 1.29 is 9.84 Å². The Morgan fingerprint density at radius 3 is 2.67 bits per heavy atom. The van der Waals surface area contributed by atoms with Gasteiger partial charge in [-0.2, -0.15) is 0 Å². The van der Waals surface area contributed by atoms with Crippen molar-refractivity contribution in [1.82, 2.24) is 5.32 Å². The molecule has 2 N–H and O–H groups in total. The monoisotopic (exact) mass is 355 g/mol. The highest BCUT2D eigenvalue weighted by Crippen LogP contribution is 2.35. The number of hydrogen-bond donors (Lipinski definition) is 2. The van der Waals surface area contributed by atoms with Gasteiger partial charge in [-0.05, 0) is 63.9 Å². The van der Waals surface area contributed by atoms with E-state index in [1.807, 2.05) is 6.92 Å². The summed E-state index contributed by atoms with van der Waals surface area (Å²) in [6, 6.07) is 4.18. The molecule has 0 aromatic heterocycles. The quantitative estimate of drug-likeness (QED) is 0.849. The standard InChI is InChI=1S/C17H26BrNO2/c1-16(2,3)19-7-6-17(4,20)11-13-10-14(18)9-12-5-8-21-15(12)13/h9-10,19-20H,5-8,11H2,1-4H3. The molecular formula is C17H26BrNO2. The van der Waals surface area contributed by atoms with Gasteiger partial charge in [0.2, 0.25) is 0 Å². The lowest BCUT2D eigenvalue weighted by Gasteiger charge is -2.27. The second-order valence-electron chi connectivity index (χ2n) is 7.25. The van der Waals surface area contributed by atoms with Gasteiger partial charge in [-0.25, -0.2) is 0 Å². The average molecular weight is 356 g/mol. The Balaban J connectivity index is 2.03. The Labute approximate surface area is 136 Å². The number of fused-ring (bicyclic) bond motifs is 1. The number of nitrogens with one attached hydrogen (secondary N) is 1. The Morgan fingerprint density at radius 1 is 1.29 bits per heavy atom. The maximum atomic E-state index is 10.7. The molecule has 1 aliphatic rings. The lowest BCUT2D eigenvalue weighted by Crippen LogP contribution is -2.40. The van der Waals surface area contributed by atoms with Crippen LogP contribution in [0, 0.1) is 0 Å². The van der Waals surface area contributed by atoms with Crippen molar-refractivity contribution in [2.45, 2.75) is 58.1 Å². The van der Waals surface area contributed by atoms with Gasteiger partial charge in [-0.1, -0.05) is 15.9 Å². The summed E-state index contributed by atoms with van der Waals surface area (Å²) in [4.78, 5) is 0. The highest BCUT2D eigenvalue weighted by atomic mass is 79.9. The third-order valence-corrected chi connectivity index (χ3v) is 4.17. The van der Waals surface area contributed by atoms with Crippen LogP contribution in [0.3, 0.4) is 0 Å². The molecular weight excluding hydrogens is 330 g/mol. The molecule has 0 bridgehead atoms. The predicted molar refractivity (Wildman–Crippen MR) is 90.0 cm³/mol. The Morgan fingerprint density at radius 2 is 2.00 bits per heavy atom. The summed E-state index contributed by atoms with van der Waals surface area (Å²) in [7, 11) is 0. The maximum absolute atomic E-state index is 10.7. The van der Waals surface area contributed by atoms with E-state index in [0.717, 1.165) is 35.4 Å². The fraction of sp³-hybridized carbons (Fsp3) is 0.647. The van der Waals surface area contributed by atoms with E-state index in [1.165, 1.54) is 5.56 Å². The van der Waals surface area contributed by atoms with Crippen LogP contribution >= 0.6 is 15.9 Å². The summed E-state index contributed by atoms with van der Waals surface area (Å²) >= 11 is 3.55. The molecule has 0 saturated carbocycles. The molecule has 1 aromatic rings. The SMILES string of the molecule is CC(O)(CCNC(C)(C)C)Cc1cc(Br)cc2c1OCC2. The molecule has 0 radical (unpaired) electrons. The molecule has 1 unspecified atom stereocenters. The first-order valence-electron chi connectivity index (χ1n) is 7.58. The van der Waals surface area contributed by atoms with Crippen LogP contribution in [0.25, 0.3) is 0 Å². The smallest absolute Gasteiger partial charge is 0.125 e. The van der Waals surface area contributed by atoms with Crippen molar-refractivity contribution in [3.63, 3.8) is 0 Å². The van der Waals surface area contributed by atoms with Gasteiger partial charge >= 0.3 is 0 Å². The van der Waals surface area contributed by atoms with E-state index in [4.69, 9.17) is 4.74 Å². The zero-order valence-electron chi connectivity index (χ0n) is 13.4. The highest BCUT2D eigenvalue weighted by Gasteiger charge is 2.26. The van der Waals surface area contributed by atoms with Gasteiger partial charge in [0.1, 0.15) is 5.75 Å².